The van der Waals surface area contributed by atoms with Crippen LogP contribution in [0.3, 0.4) is 0 Å². The van der Waals surface area contributed by atoms with Gasteiger partial charge in [0.25, 0.3) is 0 Å². The Morgan fingerprint density at radius 3 is 2.86 bits per heavy atom. The number of guanidine groups is 1. The molecule has 0 amide bonds. The first-order valence-electron chi connectivity index (χ1n) is 10.3. The van der Waals surface area contributed by atoms with E-state index < -0.39 is 0 Å². The fraction of sp³-hybridized carbons (Fsp3) is 0.750. The number of fused-ring (bicyclic) bond motifs is 2. The van der Waals surface area contributed by atoms with E-state index in [0.717, 1.165) is 24.0 Å². The van der Waals surface area contributed by atoms with Crippen LogP contribution in [-0.4, -0.2) is 49.3 Å². The Morgan fingerprint density at radius 1 is 1.48 bits per heavy atom. The van der Waals surface area contributed by atoms with Crippen LogP contribution in [0.15, 0.2) is 4.99 Å². The van der Waals surface area contributed by atoms with Crippen molar-refractivity contribution in [3.8, 4) is 0 Å². The molecule has 3 fully saturated rings. The Labute approximate surface area is 193 Å². The Kier molecular flexibility index (Phi) is 7.10. The molecule has 7 nitrogen and oxygen atoms in total. The van der Waals surface area contributed by atoms with Crippen LogP contribution in [0.4, 0.5) is 0 Å². The highest BCUT2D eigenvalue weighted by Crippen LogP contribution is 2.62. The molecule has 0 radical (unpaired) electrons. The summed E-state index contributed by atoms with van der Waals surface area (Å²) in [6.45, 7) is 6.95. The molecule has 1 saturated heterocycles. The zero-order valence-corrected chi connectivity index (χ0v) is 20.6. The van der Waals surface area contributed by atoms with Gasteiger partial charge in [0.2, 0.25) is 0 Å². The lowest BCUT2D eigenvalue weighted by molar-refractivity contribution is -0.171. The van der Waals surface area contributed by atoms with Crippen molar-refractivity contribution in [2.24, 2.45) is 16.3 Å². The summed E-state index contributed by atoms with van der Waals surface area (Å²) in [5, 5.41) is 7.99. The van der Waals surface area contributed by atoms with Gasteiger partial charge in [0.1, 0.15) is 9.88 Å². The number of carbonyl (C=O) groups excluding carboxylic acids is 1. The summed E-state index contributed by atoms with van der Waals surface area (Å²) in [5.41, 5.74) is 1.02. The van der Waals surface area contributed by atoms with E-state index in [1.54, 1.807) is 7.05 Å². The van der Waals surface area contributed by atoms with Crippen molar-refractivity contribution in [3.05, 3.63) is 15.6 Å². The fourth-order valence-electron chi connectivity index (χ4n) is 5.03. The van der Waals surface area contributed by atoms with Crippen LogP contribution in [0.1, 0.15) is 65.9 Å². The topological polar surface area (TPSA) is 84.8 Å². The van der Waals surface area contributed by atoms with Crippen LogP contribution in [0.2, 0.25) is 0 Å². The number of aromatic nitrogens is 1. The average Bonchev–Trinajstić information content (AvgIpc) is 3.22. The van der Waals surface area contributed by atoms with E-state index in [9.17, 15) is 4.79 Å². The lowest BCUT2D eigenvalue weighted by Crippen LogP contribution is -2.72. The number of carbonyl (C=O) groups is 1. The molecular formula is C20H31IN4O3S. The van der Waals surface area contributed by atoms with Gasteiger partial charge in [-0.3, -0.25) is 4.99 Å². The van der Waals surface area contributed by atoms with E-state index in [1.165, 1.54) is 30.6 Å². The molecule has 1 aromatic heterocycles. The maximum absolute atomic E-state index is 12.1. The lowest BCUT2D eigenvalue weighted by Gasteiger charge is -2.63. The minimum atomic E-state index is -0.299. The summed E-state index contributed by atoms with van der Waals surface area (Å²) < 4.78 is 11.1. The summed E-state index contributed by atoms with van der Waals surface area (Å²) in [6, 6.07) is 0.381. The van der Waals surface area contributed by atoms with Crippen molar-refractivity contribution in [1.82, 2.24) is 15.6 Å². The summed E-state index contributed by atoms with van der Waals surface area (Å²) in [6.07, 6.45) is 5.34. The Balaban J connectivity index is 0.00000240. The minimum absolute atomic E-state index is 0. The first kappa shape index (κ1) is 22.7. The maximum atomic E-state index is 12.1. The van der Waals surface area contributed by atoms with Crippen molar-refractivity contribution in [2.75, 3.05) is 20.3 Å². The third-order valence-electron chi connectivity index (χ3n) is 6.55. The number of hydrogen-bond donors (Lipinski definition) is 2. The van der Waals surface area contributed by atoms with Crippen LogP contribution in [-0.2, 0) is 9.47 Å². The van der Waals surface area contributed by atoms with Crippen LogP contribution >= 0.6 is 35.3 Å². The van der Waals surface area contributed by atoms with Crippen molar-refractivity contribution < 1.29 is 14.3 Å². The second-order valence-corrected chi connectivity index (χ2v) is 9.11. The van der Waals surface area contributed by atoms with E-state index in [4.69, 9.17) is 9.47 Å². The SMILES string of the molecule is CCOC(=O)c1sc(C(C)NC(=NC)NC2C3CCOC3C23CCC3)nc1C.I. The molecule has 0 aromatic carbocycles. The summed E-state index contributed by atoms with van der Waals surface area (Å²) in [5.74, 6) is 1.08. The van der Waals surface area contributed by atoms with Crippen molar-refractivity contribution >= 4 is 47.2 Å². The van der Waals surface area contributed by atoms with Gasteiger partial charge >= 0.3 is 5.97 Å². The number of thiazole rings is 1. The van der Waals surface area contributed by atoms with Crippen LogP contribution in [0, 0.1) is 18.3 Å². The first-order chi connectivity index (χ1) is 13.5. The summed E-state index contributed by atoms with van der Waals surface area (Å²) in [7, 11) is 1.80. The molecule has 4 unspecified atom stereocenters. The van der Waals surface area contributed by atoms with E-state index >= 15 is 0 Å². The van der Waals surface area contributed by atoms with Gasteiger partial charge in [-0.1, -0.05) is 6.42 Å². The fourth-order valence-corrected chi connectivity index (χ4v) is 5.99. The normalized spacial score (nSPS) is 27.9. The van der Waals surface area contributed by atoms with Gasteiger partial charge < -0.3 is 20.1 Å². The zero-order chi connectivity index (χ0) is 19.9. The van der Waals surface area contributed by atoms with Gasteiger partial charge in [0, 0.05) is 31.0 Å². The average molecular weight is 534 g/mol. The Morgan fingerprint density at radius 2 is 2.24 bits per heavy atom. The Hall–Kier alpha value is -0.940. The molecule has 3 aliphatic rings. The van der Waals surface area contributed by atoms with E-state index in [2.05, 4.69) is 20.6 Å². The molecule has 2 aliphatic carbocycles. The molecule has 4 atom stereocenters. The number of nitrogens with one attached hydrogen (secondary N) is 2. The number of aliphatic imine (C=N–C) groups is 1. The van der Waals surface area contributed by atoms with Crippen LogP contribution < -0.4 is 10.6 Å². The number of aryl methyl sites for hydroxylation is 1. The standard InChI is InChI=1S/C20H30N4O3S.HI/c1-5-26-18(25)14-11(2)22-17(28-14)12(3)23-19(21-4)24-15-13-7-10-27-16(13)20(15)8-6-9-20;/h12-13,15-16H,5-10H2,1-4H3,(H2,21,23,24);1H. The number of hydrogen-bond acceptors (Lipinski definition) is 6. The predicted molar refractivity (Wildman–Crippen MR) is 124 cm³/mol. The molecule has 162 valence electrons. The second-order valence-electron chi connectivity index (χ2n) is 8.08. The molecule has 2 N–H and O–H groups in total. The van der Waals surface area contributed by atoms with Crippen molar-refractivity contribution in [3.63, 3.8) is 0 Å². The molecular weight excluding hydrogens is 503 g/mol. The molecule has 9 heteroatoms. The monoisotopic (exact) mass is 534 g/mol. The highest BCUT2D eigenvalue weighted by molar-refractivity contribution is 14.0. The Bertz CT molecular complexity index is 780. The highest BCUT2D eigenvalue weighted by Gasteiger charge is 2.66. The van der Waals surface area contributed by atoms with E-state index in [1.807, 2.05) is 20.8 Å². The maximum Gasteiger partial charge on any atom is 0.350 e. The molecule has 1 spiro atoms. The van der Waals surface area contributed by atoms with Gasteiger partial charge in [-0.15, -0.1) is 35.3 Å². The quantitative estimate of drug-likeness (QED) is 0.261. The molecule has 4 rings (SSSR count). The number of ether oxygens (including phenoxy) is 2. The number of halogens is 1. The second kappa shape index (κ2) is 9.05. The molecule has 1 aliphatic heterocycles. The number of esters is 1. The predicted octanol–water partition coefficient (Wildman–Crippen LogP) is 3.43. The molecule has 29 heavy (non-hydrogen) atoms. The third-order valence-corrected chi connectivity index (χ3v) is 7.87. The van der Waals surface area contributed by atoms with Crippen LogP contribution in [0.5, 0.6) is 0 Å². The van der Waals surface area contributed by atoms with Gasteiger partial charge in [-0.05, 0) is 40.0 Å². The zero-order valence-electron chi connectivity index (χ0n) is 17.5. The lowest BCUT2D eigenvalue weighted by atomic mass is 9.46. The van der Waals surface area contributed by atoms with E-state index in [-0.39, 0.29) is 36.0 Å². The van der Waals surface area contributed by atoms with Crippen molar-refractivity contribution in [2.45, 2.75) is 64.6 Å². The summed E-state index contributed by atoms with van der Waals surface area (Å²) >= 11 is 1.39. The number of rotatable bonds is 5. The van der Waals surface area contributed by atoms with Gasteiger partial charge in [-0.2, -0.15) is 0 Å². The smallest absolute Gasteiger partial charge is 0.350 e. The van der Waals surface area contributed by atoms with Gasteiger partial charge in [0.05, 0.1) is 24.4 Å². The molecule has 2 heterocycles. The van der Waals surface area contributed by atoms with E-state index in [0.29, 0.717) is 40.7 Å². The summed E-state index contributed by atoms with van der Waals surface area (Å²) in [4.78, 5) is 21.7. The van der Waals surface area contributed by atoms with Gasteiger partial charge in [0.15, 0.2) is 5.96 Å². The molecule has 0 bridgehead atoms. The largest absolute Gasteiger partial charge is 0.462 e. The first-order valence-corrected chi connectivity index (χ1v) is 11.1. The van der Waals surface area contributed by atoms with Crippen LogP contribution in [0.25, 0.3) is 0 Å². The van der Waals surface area contributed by atoms with Crippen molar-refractivity contribution in [1.29, 1.82) is 0 Å². The number of nitrogens with zero attached hydrogens (tertiary/aromatic N) is 2. The highest BCUT2D eigenvalue weighted by atomic mass is 127. The minimum Gasteiger partial charge on any atom is -0.462 e. The molecule has 1 aromatic rings. The third kappa shape index (κ3) is 3.89. The van der Waals surface area contributed by atoms with Gasteiger partial charge in [-0.25, -0.2) is 9.78 Å². The molecule has 2 saturated carbocycles.